The molecule has 0 aliphatic rings. The van der Waals surface area contributed by atoms with Gasteiger partial charge in [0.15, 0.2) is 0 Å². The summed E-state index contributed by atoms with van der Waals surface area (Å²) in [4.78, 5) is 0. The van der Waals surface area contributed by atoms with E-state index in [1.807, 2.05) is 13.0 Å². The van der Waals surface area contributed by atoms with Crippen LogP contribution in [0, 0.1) is 18.3 Å². The number of aryl methyl sites for hydroxylation is 1. The lowest BCUT2D eigenvalue weighted by atomic mass is 10.1. The number of rotatable bonds is 5. The van der Waals surface area contributed by atoms with Gasteiger partial charge in [0.05, 0.1) is 12.3 Å². The molecule has 0 aliphatic carbocycles. The van der Waals surface area contributed by atoms with E-state index in [1.165, 1.54) is 11.5 Å². The first-order valence-corrected chi connectivity index (χ1v) is 6.95. The monoisotopic (exact) mass is 289 g/mol. The van der Waals surface area contributed by atoms with Crippen molar-refractivity contribution in [3.63, 3.8) is 0 Å². The second-order valence-electron chi connectivity index (χ2n) is 4.38. The van der Waals surface area contributed by atoms with E-state index in [-0.39, 0.29) is 12.4 Å². The van der Waals surface area contributed by atoms with Gasteiger partial charge in [0, 0.05) is 12.1 Å². The highest BCUT2D eigenvalue weighted by Crippen LogP contribution is 2.23. The van der Waals surface area contributed by atoms with Gasteiger partial charge in [0.2, 0.25) is 0 Å². The molecule has 0 amide bonds. The summed E-state index contributed by atoms with van der Waals surface area (Å²) in [5.74, 6) is 0.106. The predicted molar refractivity (Wildman–Crippen MR) is 77.8 cm³/mol. The third-order valence-corrected chi connectivity index (χ3v) is 3.88. The van der Waals surface area contributed by atoms with Crippen LogP contribution in [0.3, 0.4) is 0 Å². The Hall–Kier alpha value is -2.10. The number of anilines is 1. The molecule has 0 atom stereocenters. The van der Waals surface area contributed by atoms with Crippen LogP contribution >= 0.6 is 11.5 Å². The minimum absolute atomic E-state index is 0.106. The van der Waals surface area contributed by atoms with Gasteiger partial charge in [-0.05, 0) is 42.6 Å². The number of aromatic hydroxyl groups is 1. The van der Waals surface area contributed by atoms with E-state index >= 15 is 0 Å². The molecule has 104 valence electrons. The molecule has 0 bridgehead atoms. The van der Waals surface area contributed by atoms with Crippen LogP contribution in [0.2, 0.25) is 0 Å². The first-order chi connectivity index (χ1) is 9.65. The van der Waals surface area contributed by atoms with Crippen LogP contribution in [-0.2, 0) is 13.0 Å². The molecule has 1 aromatic carbocycles. The highest BCUT2D eigenvalue weighted by Gasteiger charge is 2.09. The number of nitriles is 1. The lowest BCUT2D eigenvalue weighted by Crippen LogP contribution is -2.05. The van der Waals surface area contributed by atoms with E-state index < -0.39 is 0 Å². The molecule has 0 saturated carbocycles. The Kier molecular flexibility index (Phi) is 4.56. The third-order valence-electron chi connectivity index (χ3n) is 2.99. The van der Waals surface area contributed by atoms with Gasteiger partial charge in [-0.15, -0.1) is 0 Å². The van der Waals surface area contributed by atoms with Crippen LogP contribution in [-0.4, -0.2) is 21.1 Å². The Morgan fingerprint density at radius 3 is 2.95 bits per heavy atom. The molecular weight excluding hydrogens is 274 g/mol. The number of hydrogen-bond acceptors (Lipinski definition) is 6. The zero-order chi connectivity index (χ0) is 14.5. The summed E-state index contributed by atoms with van der Waals surface area (Å²) in [6.07, 6.45) is 0.731. The maximum Gasteiger partial charge on any atom is 0.127 e. The van der Waals surface area contributed by atoms with Crippen LogP contribution < -0.4 is 5.32 Å². The third kappa shape index (κ3) is 3.07. The quantitative estimate of drug-likeness (QED) is 0.785. The fourth-order valence-electron chi connectivity index (χ4n) is 1.86. The summed E-state index contributed by atoms with van der Waals surface area (Å²) in [6, 6.07) is 7.32. The van der Waals surface area contributed by atoms with Crippen LogP contribution in [0.1, 0.15) is 22.4 Å². The second-order valence-corrected chi connectivity index (χ2v) is 5.16. The van der Waals surface area contributed by atoms with Gasteiger partial charge in [-0.25, -0.2) is 0 Å². The van der Waals surface area contributed by atoms with E-state index in [4.69, 9.17) is 10.4 Å². The standard InChI is InChI=1S/C14H15N3O2S/c1-9-12(7-15)14(20-17-9)16-5-4-10-2-3-13(19)11(6-10)8-18/h2-3,6,16,18-19H,4-5,8H2,1H3. The van der Waals surface area contributed by atoms with E-state index in [2.05, 4.69) is 15.8 Å². The van der Waals surface area contributed by atoms with E-state index in [0.717, 1.165) is 22.7 Å². The molecule has 0 aliphatic heterocycles. The van der Waals surface area contributed by atoms with E-state index in [0.29, 0.717) is 17.7 Å². The van der Waals surface area contributed by atoms with Crippen molar-refractivity contribution in [3.8, 4) is 11.8 Å². The van der Waals surface area contributed by atoms with Gasteiger partial charge in [-0.3, -0.25) is 0 Å². The van der Waals surface area contributed by atoms with Crippen molar-refractivity contribution in [3.05, 3.63) is 40.6 Å². The average molecular weight is 289 g/mol. The van der Waals surface area contributed by atoms with Crippen molar-refractivity contribution in [1.29, 1.82) is 5.26 Å². The van der Waals surface area contributed by atoms with Gasteiger partial charge in [0.25, 0.3) is 0 Å². The van der Waals surface area contributed by atoms with Gasteiger partial charge >= 0.3 is 0 Å². The molecule has 0 radical (unpaired) electrons. The largest absolute Gasteiger partial charge is 0.508 e. The Balaban J connectivity index is 1.98. The molecule has 0 unspecified atom stereocenters. The summed E-state index contributed by atoms with van der Waals surface area (Å²) in [7, 11) is 0. The zero-order valence-corrected chi connectivity index (χ0v) is 11.9. The van der Waals surface area contributed by atoms with Crippen molar-refractivity contribution in [1.82, 2.24) is 4.37 Å². The van der Waals surface area contributed by atoms with E-state index in [9.17, 15) is 5.11 Å². The van der Waals surface area contributed by atoms with E-state index in [1.54, 1.807) is 12.1 Å². The Morgan fingerprint density at radius 1 is 1.45 bits per heavy atom. The predicted octanol–water partition coefficient (Wildman–Crippen LogP) is 2.18. The number of hydrogen-bond donors (Lipinski definition) is 3. The van der Waals surface area contributed by atoms with Gasteiger partial charge in [0.1, 0.15) is 22.4 Å². The first kappa shape index (κ1) is 14.3. The molecule has 20 heavy (non-hydrogen) atoms. The molecule has 3 N–H and O–H groups in total. The van der Waals surface area contributed by atoms with Crippen molar-refractivity contribution >= 4 is 16.5 Å². The van der Waals surface area contributed by atoms with Gasteiger partial charge < -0.3 is 15.5 Å². The minimum Gasteiger partial charge on any atom is -0.508 e. The Labute approximate surface area is 121 Å². The molecular formula is C14H15N3O2S. The lowest BCUT2D eigenvalue weighted by molar-refractivity contribution is 0.275. The Morgan fingerprint density at radius 2 is 2.25 bits per heavy atom. The van der Waals surface area contributed by atoms with Crippen LogP contribution in [0.4, 0.5) is 5.00 Å². The van der Waals surface area contributed by atoms with Gasteiger partial charge in [-0.1, -0.05) is 6.07 Å². The fourth-order valence-corrected chi connectivity index (χ4v) is 2.63. The molecule has 2 aromatic rings. The summed E-state index contributed by atoms with van der Waals surface area (Å²) >= 11 is 1.28. The number of aromatic nitrogens is 1. The summed E-state index contributed by atoms with van der Waals surface area (Å²) in [5, 5.41) is 31.6. The minimum atomic E-state index is -0.181. The van der Waals surface area contributed by atoms with Crippen LogP contribution in [0.25, 0.3) is 0 Å². The number of nitrogens with zero attached hydrogens (tertiary/aromatic N) is 2. The highest BCUT2D eigenvalue weighted by atomic mass is 32.1. The van der Waals surface area contributed by atoms with Crippen LogP contribution in [0.5, 0.6) is 5.75 Å². The smallest absolute Gasteiger partial charge is 0.127 e. The van der Waals surface area contributed by atoms with Crippen LogP contribution in [0.15, 0.2) is 18.2 Å². The molecule has 5 nitrogen and oxygen atoms in total. The number of aliphatic hydroxyl groups is 1. The van der Waals surface area contributed by atoms with Gasteiger partial charge in [-0.2, -0.15) is 9.64 Å². The number of aliphatic hydroxyl groups excluding tert-OH is 1. The zero-order valence-electron chi connectivity index (χ0n) is 11.1. The normalized spacial score (nSPS) is 10.2. The molecule has 1 aromatic heterocycles. The summed E-state index contributed by atoms with van der Waals surface area (Å²) in [6.45, 7) is 2.29. The Bertz CT molecular complexity index is 646. The van der Waals surface area contributed by atoms with Crippen molar-refractivity contribution in [2.24, 2.45) is 0 Å². The highest BCUT2D eigenvalue weighted by molar-refractivity contribution is 7.10. The van der Waals surface area contributed by atoms with Crippen molar-refractivity contribution in [2.45, 2.75) is 20.0 Å². The maximum absolute atomic E-state index is 9.49. The number of nitrogens with one attached hydrogen (secondary N) is 1. The first-order valence-electron chi connectivity index (χ1n) is 6.17. The average Bonchev–Trinajstić information content (AvgIpc) is 2.81. The topological polar surface area (TPSA) is 89.2 Å². The summed E-state index contributed by atoms with van der Waals surface area (Å²) < 4.78 is 4.14. The fraction of sp³-hybridized carbons (Fsp3) is 0.286. The molecule has 0 spiro atoms. The summed E-state index contributed by atoms with van der Waals surface area (Å²) in [5.41, 5.74) is 2.87. The molecule has 0 saturated heterocycles. The lowest BCUT2D eigenvalue weighted by Gasteiger charge is -2.07. The molecule has 0 fully saturated rings. The second kappa shape index (κ2) is 6.37. The SMILES string of the molecule is Cc1nsc(NCCc2ccc(O)c(CO)c2)c1C#N. The van der Waals surface area contributed by atoms with Crippen molar-refractivity contribution < 1.29 is 10.2 Å². The number of phenols is 1. The molecule has 2 rings (SSSR count). The number of benzene rings is 1. The molecule has 1 heterocycles. The molecule has 6 heteroatoms. The maximum atomic E-state index is 9.49. The van der Waals surface area contributed by atoms with Crippen molar-refractivity contribution in [2.75, 3.05) is 11.9 Å².